The highest BCUT2D eigenvalue weighted by Gasteiger charge is 2.08. The van der Waals surface area contributed by atoms with Gasteiger partial charge in [-0.25, -0.2) is 4.98 Å². The Bertz CT molecular complexity index is 307. The van der Waals surface area contributed by atoms with Crippen molar-refractivity contribution in [1.29, 1.82) is 0 Å². The summed E-state index contributed by atoms with van der Waals surface area (Å²) in [4.78, 5) is 8.13. The van der Waals surface area contributed by atoms with E-state index in [0.29, 0.717) is 18.2 Å². The minimum Gasteiger partial charge on any atom is -0.476 e. The molecule has 2 N–H and O–H groups in total. The van der Waals surface area contributed by atoms with Crippen LogP contribution in [-0.2, 0) is 0 Å². The number of hydrogen-bond donors (Lipinski definition) is 1. The zero-order valence-corrected chi connectivity index (χ0v) is 10.0. The molecule has 0 aromatic carbocycles. The Hall–Kier alpha value is -0.970. The lowest BCUT2D eigenvalue weighted by molar-refractivity contribution is 0.327. The van der Waals surface area contributed by atoms with Gasteiger partial charge in [0.1, 0.15) is 17.0 Å². The van der Waals surface area contributed by atoms with Crippen LogP contribution >= 0.6 is 11.8 Å². The second-order valence-electron chi connectivity index (χ2n) is 3.03. The molecule has 0 aliphatic rings. The number of rotatable bonds is 6. The Kier molecular flexibility index (Phi) is 5.25. The van der Waals surface area contributed by atoms with Gasteiger partial charge < -0.3 is 10.5 Å². The summed E-state index contributed by atoms with van der Waals surface area (Å²) < 4.78 is 5.29. The molecule has 1 aromatic rings. The van der Waals surface area contributed by atoms with E-state index in [9.17, 15) is 0 Å². The molecule has 84 valence electrons. The maximum atomic E-state index is 5.88. The van der Waals surface area contributed by atoms with Crippen LogP contribution in [0.5, 0.6) is 5.88 Å². The number of ether oxygens (including phenoxy) is 1. The van der Waals surface area contributed by atoms with Crippen LogP contribution in [-0.4, -0.2) is 22.3 Å². The first kappa shape index (κ1) is 12.1. The average Bonchev–Trinajstić information content (AvgIpc) is 2.24. The quantitative estimate of drug-likeness (QED) is 0.459. The molecule has 0 unspecified atom stereocenters. The van der Waals surface area contributed by atoms with Crippen molar-refractivity contribution < 1.29 is 4.74 Å². The van der Waals surface area contributed by atoms with Crippen LogP contribution in [0.3, 0.4) is 0 Å². The van der Waals surface area contributed by atoms with Crippen molar-refractivity contribution in [3.05, 3.63) is 6.33 Å². The van der Waals surface area contributed by atoms with Crippen molar-refractivity contribution in [3.8, 4) is 5.88 Å². The molecular formula is C10H17N3OS. The predicted molar refractivity (Wildman–Crippen MR) is 63.2 cm³/mol. The molecule has 0 spiro atoms. The number of nitrogen functional groups attached to an aromatic ring is 1. The first-order valence-corrected chi connectivity index (χ1v) is 6.14. The molecule has 1 aromatic heterocycles. The Labute approximate surface area is 94.6 Å². The zero-order chi connectivity index (χ0) is 11.1. The van der Waals surface area contributed by atoms with Gasteiger partial charge in [-0.2, -0.15) is 4.98 Å². The molecule has 0 aliphatic heterocycles. The molecule has 0 saturated carbocycles. The second-order valence-corrected chi connectivity index (χ2v) is 4.12. The molecule has 4 nitrogen and oxygen atoms in total. The van der Waals surface area contributed by atoms with E-state index >= 15 is 0 Å². The standard InChI is InChI=1S/C10H17N3OS/c1-3-5-6-15-10-8(11)9(14-4-2)12-7-13-10/h7H,3-6,11H2,1-2H3. The first-order chi connectivity index (χ1) is 7.29. The van der Waals surface area contributed by atoms with Gasteiger partial charge in [0.25, 0.3) is 0 Å². The number of aromatic nitrogens is 2. The van der Waals surface area contributed by atoms with Crippen molar-refractivity contribution in [1.82, 2.24) is 9.97 Å². The van der Waals surface area contributed by atoms with Crippen LogP contribution in [0.2, 0.25) is 0 Å². The fraction of sp³-hybridized carbons (Fsp3) is 0.600. The molecule has 1 rings (SSSR count). The molecular weight excluding hydrogens is 210 g/mol. The van der Waals surface area contributed by atoms with Crippen LogP contribution < -0.4 is 10.5 Å². The van der Waals surface area contributed by atoms with Crippen LogP contribution in [0.15, 0.2) is 11.4 Å². The van der Waals surface area contributed by atoms with Crippen LogP contribution in [0.4, 0.5) is 5.69 Å². The number of unbranched alkanes of at least 4 members (excludes halogenated alkanes) is 1. The third-order valence-corrected chi connectivity index (χ3v) is 2.92. The average molecular weight is 227 g/mol. The molecule has 0 saturated heterocycles. The molecule has 0 atom stereocenters. The summed E-state index contributed by atoms with van der Waals surface area (Å²) in [6.45, 7) is 4.64. The highest BCUT2D eigenvalue weighted by atomic mass is 32.2. The maximum Gasteiger partial charge on any atom is 0.241 e. The van der Waals surface area contributed by atoms with Crippen molar-refractivity contribution in [2.24, 2.45) is 0 Å². The molecule has 1 heterocycles. The monoisotopic (exact) mass is 227 g/mol. The van der Waals surface area contributed by atoms with Gasteiger partial charge in [-0.1, -0.05) is 13.3 Å². The van der Waals surface area contributed by atoms with Gasteiger partial charge in [-0.3, -0.25) is 0 Å². The number of nitrogens with zero attached hydrogens (tertiary/aromatic N) is 2. The van der Waals surface area contributed by atoms with Crippen molar-refractivity contribution in [3.63, 3.8) is 0 Å². The molecule has 0 radical (unpaired) electrons. The first-order valence-electron chi connectivity index (χ1n) is 5.15. The second kappa shape index (κ2) is 6.50. The minimum atomic E-state index is 0.492. The Morgan fingerprint density at radius 3 is 2.87 bits per heavy atom. The summed E-state index contributed by atoms with van der Waals surface area (Å²) in [5, 5.41) is 0.821. The molecule has 0 fully saturated rings. The van der Waals surface area contributed by atoms with E-state index < -0.39 is 0 Å². The van der Waals surface area contributed by atoms with Gasteiger partial charge in [0.15, 0.2) is 0 Å². The summed E-state index contributed by atoms with van der Waals surface area (Å²) in [5.41, 5.74) is 6.44. The summed E-state index contributed by atoms with van der Waals surface area (Å²) in [6, 6.07) is 0. The van der Waals surface area contributed by atoms with Crippen LogP contribution in [0.25, 0.3) is 0 Å². The van der Waals surface area contributed by atoms with E-state index in [0.717, 1.165) is 17.2 Å². The fourth-order valence-electron chi connectivity index (χ4n) is 1.04. The summed E-state index contributed by atoms with van der Waals surface area (Å²) >= 11 is 1.66. The molecule has 0 aliphatic carbocycles. The lowest BCUT2D eigenvalue weighted by atomic mass is 10.4. The SMILES string of the molecule is CCCCSc1ncnc(OCC)c1N. The van der Waals surface area contributed by atoms with E-state index in [1.54, 1.807) is 11.8 Å². The maximum absolute atomic E-state index is 5.88. The van der Waals surface area contributed by atoms with Crippen molar-refractivity contribution in [2.75, 3.05) is 18.1 Å². The van der Waals surface area contributed by atoms with E-state index in [4.69, 9.17) is 10.5 Å². The predicted octanol–water partition coefficient (Wildman–Crippen LogP) is 2.35. The Morgan fingerprint density at radius 1 is 1.40 bits per heavy atom. The topological polar surface area (TPSA) is 61.0 Å². The minimum absolute atomic E-state index is 0.492. The number of anilines is 1. The third kappa shape index (κ3) is 3.58. The highest BCUT2D eigenvalue weighted by Crippen LogP contribution is 2.29. The lowest BCUT2D eigenvalue weighted by Crippen LogP contribution is -2.02. The lowest BCUT2D eigenvalue weighted by Gasteiger charge is -2.08. The van der Waals surface area contributed by atoms with E-state index in [1.807, 2.05) is 6.92 Å². The molecule has 0 amide bonds. The van der Waals surface area contributed by atoms with Gasteiger partial charge in [-0.05, 0) is 19.1 Å². The van der Waals surface area contributed by atoms with Crippen LogP contribution in [0, 0.1) is 0 Å². The molecule has 15 heavy (non-hydrogen) atoms. The zero-order valence-electron chi connectivity index (χ0n) is 9.19. The van der Waals surface area contributed by atoms with E-state index in [2.05, 4.69) is 16.9 Å². The van der Waals surface area contributed by atoms with Gasteiger partial charge >= 0.3 is 0 Å². The number of hydrogen-bond acceptors (Lipinski definition) is 5. The van der Waals surface area contributed by atoms with Gasteiger partial charge in [0, 0.05) is 0 Å². The largest absolute Gasteiger partial charge is 0.476 e. The van der Waals surface area contributed by atoms with Crippen LogP contribution in [0.1, 0.15) is 26.7 Å². The van der Waals surface area contributed by atoms with E-state index in [1.165, 1.54) is 12.7 Å². The number of nitrogens with two attached hydrogens (primary N) is 1. The summed E-state index contributed by atoms with van der Waals surface area (Å²) in [5.74, 6) is 1.52. The van der Waals surface area contributed by atoms with Gasteiger partial charge in [0.05, 0.1) is 6.61 Å². The Morgan fingerprint density at radius 2 is 2.20 bits per heavy atom. The Balaban J connectivity index is 2.66. The summed E-state index contributed by atoms with van der Waals surface area (Å²) in [6.07, 6.45) is 3.84. The molecule has 5 heteroatoms. The van der Waals surface area contributed by atoms with Gasteiger partial charge in [0.2, 0.25) is 5.88 Å². The van der Waals surface area contributed by atoms with Crippen molar-refractivity contribution in [2.45, 2.75) is 31.7 Å². The van der Waals surface area contributed by atoms with E-state index in [-0.39, 0.29) is 0 Å². The molecule has 0 bridgehead atoms. The third-order valence-electron chi connectivity index (χ3n) is 1.83. The van der Waals surface area contributed by atoms with Gasteiger partial charge in [-0.15, -0.1) is 11.8 Å². The summed E-state index contributed by atoms with van der Waals surface area (Å²) in [7, 11) is 0. The normalized spacial score (nSPS) is 10.3. The smallest absolute Gasteiger partial charge is 0.241 e. The fourth-order valence-corrected chi connectivity index (χ4v) is 2.04. The number of thioether (sulfide) groups is 1. The highest BCUT2D eigenvalue weighted by molar-refractivity contribution is 7.99. The van der Waals surface area contributed by atoms with Crippen molar-refractivity contribution >= 4 is 17.4 Å².